The molecule has 1 aromatic heterocycles. The van der Waals surface area contributed by atoms with Crippen LogP contribution in [0.1, 0.15) is 5.56 Å². The smallest absolute Gasteiger partial charge is 0.141 e. The van der Waals surface area contributed by atoms with Crippen LogP contribution in [0.25, 0.3) is 22.2 Å². The summed E-state index contributed by atoms with van der Waals surface area (Å²) in [7, 11) is 1.85. The zero-order valence-corrected chi connectivity index (χ0v) is 10.4. The summed E-state index contributed by atoms with van der Waals surface area (Å²) < 4.78 is 1.72. The van der Waals surface area contributed by atoms with Crippen LogP contribution in [0.15, 0.2) is 42.5 Å². The summed E-state index contributed by atoms with van der Waals surface area (Å²) in [5.41, 5.74) is 3.96. The van der Waals surface area contributed by atoms with E-state index in [1.165, 1.54) is 5.56 Å². The maximum Gasteiger partial charge on any atom is 0.141 e. The average molecular weight is 238 g/mol. The maximum absolute atomic E-state index is 9.91. The third-order valence-corrected chi connectivity index (χ3v) is 3.13. The van der Waals surface area contributed by atoms with Gasteiger partial charge in [0, 0.05) is 18.0 Å². The van der Waals surface area contributed by atoms with E-state index in [1.807, 2.05) is 31.3 Å². The van der Waals surface area contributed by atoms with Gasteiger partial charge >= 0.3 is 0 Å². The molecule has 0 aliphatic heterocycles. The summed E-state index contributed by atoms with van der Waals surface area (Å²) in [4.78, 5) is 0. The summed E-state index contributed by atoms with van der Waals surface area (Å²) in [6.07, 6.45) is 0. The monoisotopic (exact) mass is 238 g/mol. The fraction of sp³-hybridized carbons (Fsp3) is 0.133. The predicted molar refractivity (Wildman–Crippen MR) is 72.6 cm³/mol. The van der Waals surface area contributed by atoms with Crippen LogP contribution < -0.4 is 0 Å². The van der Waals surface area contributed by atoms with E-state index in [0.29, 0.717) is 0 Å². The highest BCUT2D eigenvalue weighted by atomic mass is 16.3. The molecule has 2 aromatic carbocycles. The van der Waals surface area contributed by atoms with Crippen molar-refractivity contribution in [3.8, 4) is 17.0 Å². The molecule has 3 heteroatoms. The van der Waals surface area contributed by atoms with Crippen LogP contribution in [-0.2, 0) is 7.05 Å². The fourth-order valence-corrected chi connectivity index (χ4v) is 2.32. The summed E-state index contributed by atoms with van der Waals surface area (Å²) in [5.74, 6) is 0.265. The van der Waals surface area contributed by atoms with Gasteiger partial charge in [0.1, 0.15) is 17.0 Å². The Balaban J connectivity index is 2.34. The molecule has 0 amide bonds. The predicted octanol–water partition coefficient (Wildman–Crippen LogP) is 3.25. The van der Waals surface area contributed by atoms with Crippen molar-refractivity contribution in [3.05, 3.63) is 48.0 Å². The topological polar surface area (TPSA) is 38.0 Å². The van der Waals surface area contributed by atoms with Crippen molar-refractivity contribution in [2.24, 2.45) is 7.05 Å². The van der Waals surface area contributed by atoms with Gasteiger partial charge in [-0.2, -0.15) is 5.10 Å². The van der Waals surface area contributed by atoms with Crippen molar-refractivity contribution in [3.63, 3.8) is 0 Å². The second kappa shape index (κ2) is 3.88. The molecule has 1 heterocycles. The molecule has 0 saturated heterocycles. The van der Waals surface area contributed by atoms with Crippen LogP contribution in [0.3, 0.4) is 0 Å². The summed E-state index contributed by atoms with van der Waals surface area (Å²) in [6.45, 7) is 2.06. The van der Waals surface area contributed by atoms with E-state index in [0.717, 1.165) is 22.2 Å². The molecule has 0 saturated carbocycles. The van der Waals surface area contributed by atoms with Crippen molar-refractivity contribution in [1.82, 2.24) is 9.78 Å². The molecule has 0 radical (unpaired) electrons. The molecule has 0 fully saturated rings. The minimum atomic E-state index is 0.265. The Labute approximate surface area is 105 Å². The number of rotatable bonds is 1. The van der Waals surface area contributed by atoms with Crippen LogP contribution in [0.4, 0.5) is 0 Å². The second-order valence-corrected chi connectivity index (χ2v) is 4.51. The van der Waals surface area contributed by atoms with Gasteiger partial charge in [-0.05, 0) is 19.1 Å². The lowest BCUT2D eigenvalue weighted by Crippen LogP contribution is -1.90. The van der Waals surface area contributed by atoms with E-state index in [2.05, 4.69) is 24.2 Å². The van der Waals surface area contributed by atoms with Gasteiger partial charge in [0.15, 0.2) is 0 Å². The standard InChI is InChI=1S/C15H14N2O/c1-10-5-3-6-11(9-10)14-12-7-4-8-13(18)15(12)17(2)16-14/h3-9,18H,1-2H3. The first-order valence-corrected chi connectivity index (χ1v) is 5.88. The van der Waals surface area contributed by atoms with E-state index in [1.54, 1.807) is 10.7 Å². The first-order chi connectivity index (χ1) is 8.66. The molecule has 0 aliphatic carbocycles. The SMILES string of the molecule is Cc1cccc(-c2nn(C)c3c(O)cccc23)c1. The van der Waals surface area contributed by atoms with Crippen LogP contribution in [0.2, 0.25) is 0 Å². The Morgan fingerprint density at radius 1 is 1.11 bits per heavy atom. The number of aryl methyl sites for hydroxylation is 2. The van der Waals surface area contributed by atoms with Gasteiger partial charge in [0.05, 0.1) is 0 Å². The summed E-state index contributed by atoms with van der Waals surface area (Å²) >= 11 is 0. The molecule has 3 nitrogen and oxygen atoms in total. The quantitative estimate of drug-likeness (QED) is 0.706. The molecule has 90 valence electrons. The molecular formula is C15H14N2O. The third-order valence-electron chi connectivity index (χ3n) is 3.13. The Bertz CT molecular complexity index is 728. The van der Waals surface area contributed by atoms with Gasteiger partial charge in [0.25, 0.3) is 0 Å². The third kappa shape index (κ3) is 1.56. The Kier molecular flexibility index (Phi) is 2.33. The van der Waals surface area contributed by atoms with Crippen LogP contribution in [0.5, 0.6) is 5.75 Å². The molecule has 0 atom stereocenters. The number of benzene rings is 2. The van der Waals surface area contributed by atoms with Crippen molar-refractivity contribution in [1.29, 1.82) is 0 Å². The van der Waals surface area contributed by atoms with Gasteiger partial charge in [-0.15, -0.1) is 0 Å². The summed E-state index contributed by atoms with van der Waals surface area (Å²) in [6, 6.07) is 13.7. The van der Waals surface area contributed by atoms with Crippen molar-refractivity contribution < 1.29 is 5.11 Å². The van der Waals surface area contributed by atoms with E-state index in [-0.39, 0.29) is 5.75 Å². The molecule has 18 heavy (non-hydrogen) atoms. The van der Waals surface area contributed by atoms with Gasteiger partial charge in [-0.1, -0.05) is 35.9 Å². The van der Waals surface area contributed by atoms with Crippen LogP contribution in [0, 0.1) is 6.92 Å². The van der Waals surface area contributed by atoms with Crippen molar-refractivity contribution >= 4 is 10.9 Å². The molecular weight excluding hydrogens is 224 g/mol. The van der Waals surface area contributed by atoms with E-state index in [4.69, 9.17) is 0 Å². The zero-order chi connectivity index (χ0) is 12.7. The number of aromatic nitrogens is 2. The van der Waals surface area contributed by atoms with Crippen LogP contribution in [-0.4, -0.2) is 14.9 Å². The van der Waals surface area contributed by atoms with E-state index >= 15 is 0 Å². The fourth-order valence-electron chi connectivity index (χ4n) is 2.32. The highest BCUT2D eigenvalue weighted by Gasteiger charge is 2.12. The molecule has 0 aliphatic rings. The zero-order valence-electron chi connectivity index (χ0n) is 10.4. The minimum Gasteiger partial charge on any atom is -0.506 e. The van der Waals surface area contributed by atoms with Crippen LogP contribution >= 0.6 is 0 Å². The maximum atomic E-state index is 9.91. The first kappa shape index (κ1) is 10.8. The largest absolute Gasteiger partial charge is 0.506 e. The van der Waals surface area contributed by atoms with E-state index in [9.17, 15) is 5.11 Å². The van der Waals surface area contributed by atoms with Gasteiger partial charge in [0.2, 0.25) is 0 Å². The molecule has 1 N–H and O–H groups in total. The van der Waals surface area contributed by atoms with Gasteiger partial charge in [-0.3, -0.25) is 4.68 Å². The molecule has 0 unspecified atom stereocenters. The van der Waals surface area contributed by atoms with Crippen molar-refractivity contribution in [2.45, 2.75) is 6.92 Å². The first-order valence-electron chi connectivity index (χ1n) is 5.88. The number of phenolic OH excluding ortho intramolecular Hbond substituents is 1. The number of nitrogens with zero attached hydrogens (tertiary/aromatic N) is 2. The Morgan fingerprint density at radius 3 is 2.67 bits per heavy atom. The normalized spacial score (nSPS) is 11.0. The van der Waals surface area contributed by atoms with Gasteiger partial charge in [-0.25, -0.2) is 0 Å². The Hall–Kier alpha value is -2.29. The second-order valence-electron chi connectivity index (χ2n) is 4.51. The number of aromatic hydroxyl groups is 1. The van der Waals surface area contributed by atoms with Crippen molar-refractivity contribution in [2.75, 3.05) is 0 Å². The Morgan fingerprint density at radius 2 is 1.89 bits per heavy atom. The lowest BCUT2D eigenvalue weighted by atomic mass is 10.1. The van der Waals surface area contributed by atoms with E-state index < -0.39 is 0 Å². The number of fused-ring (bicyclic) bond motifs is 1. The number of hydrogen-bond donors (Lipinski definition) is 1. The molecule has 0 spiro atoms. The molecule has 0 bridgehead atoms. The minimum absolute atomic E-state index is 0.265. The highest BCUT2D eigenvalue weighted by Crippen LogP contribution is 2.32. The summed E-state index contributed by atoms with van der Waals surface area (Å²) in [5, 5.41) is 15.4. The number of phenols is 1. The lowest BCUT2D eigenvalue weighted by molar-refractivity contribution is 0.478. The number of para-hydroxylation sites is 1. The lowest BCUT2D eigenvalue weighted by Gasteiger charge is -1.99. The molecule has 3 rings (SSSR count). The highest BCUT2D eigenvalue weighted by molar-refractivity contribution is 5.96. The average Bonchev–Trinajstić information content (AvgIpc) is 2.68. The molecule has 3 aromatic rings. The van der Waals surface area contributed by atoms with Gasteiger partial charge < -0.3 is 5.11 Å². The number of hydrogen-bond acceptors (Lipinski definition) is 2.